The molecule has 1 aromatic carbocycles. The molecule has 1 N–H and O–H groups in total. The van der Waals surface area contributed by atoms with Gasteiger partial charge in [0.05, 0.1) is 12.7 Å². The largest absolute Gasteiger partial charge is 0.497 e. The molecular weight excluding hydrogens is 380 g/mol. The number of aromatic nitrogens is 3. The summed E-state index contributed by atoms with van der Waals surface area (Å²) in [4.78, 5) is 20.5. The van der Waals surface area contributed by atoms with Gasteiger partial charge in [-0.2, -0.15) is 9.36 Å². The summed E-state index contributed by atoms with van der Waals surface area (Å²) in [5.74, 6) is 0.995. The highest BCUT2D eigenvalue weighted by molar-refractivity contribution is 9.10. The second-order valence-corrected chi connectivity index (χ2v) is 6.07. The first-order valence-electron chi connectivity index (χ1n) is 6.56. The Kier molecular flexibility index (Phi) is 4.63. The van der Waals surface area contributed by atoms with Gasteiger partial charge in [0.2, 0.25) is 5.13 Å². The van der Waals surface area contributed by atoms with E-state index in [0.29, 0.717) is 21.0 Å². The predicted octanol–water partition coefficient (Wildman–Crippen LogP) is 3.62. The Morgan fingerprint density at radius 2 is 2.22 bits per heavy atom. The maximum atomic E-state index is 12.2. The van der Waals surface area contributed by atoms with Crippen LogP contribution in [0.2, 0.25) is 0 Å². The van der Waals surface area contributed by atoms with Gasteiger partial charge in [-0.1, -0.05) is 12.1 Å². The van der Waals surface area contributed by atoms with Gasteiger partial charge in [0.15, 0.2) is 5.82 Å². The molecule has 3 rings (SSSR count). The van der Waals surface area contributed by atoms with E-state index in [4.69, 9.17) is 4.74 Å². The molecule has 0 fully saturated rings. The van der Waals surface area contributed by atoms with Gasteiger partial charge in [-0.05, 0) is 34.1 Å². The van der Waals surface area contributed by atoms with Crippen LogP contribution in [-0.4, -0.2) is 27.4 Å². The summed E-state index contributed by atoms with van der Waals surface area (Å²) < 4.78 is 10.1. The zero-order chi connectivity index (χ0) is 16.2. The molecule has 0 bridgehead atoms. The second-order valence-electron chi connectivity index (χ2n) is 4.46. The van der Waals surface area contributed by atoms with E-state index in [-0.39, 0.29) is 5.91 Å². The normalized spacial score (nSPS) is 10.3. The van der Waals surface area contributed by atoms with Crippen molar-refractivity contribution in [1.29, 1.82) is 0 Å². The minimum absolute atomic E-state index is 0.271. The molecule has 2 heterocycles. The third-order valence-electron chi connectivity index (χ3n) is 2.99. The molecule has 116 valence electrons. The van der Waals surface area contributed by atoms with E-state index >= 15 is 0 Å². The molecule has 0 spiro atoms. The summed E-state index contributed by atoms with van der Waals surface area (Å²) in [6, 6.07) is 9.06. The van der Waals surface area contributed by atoms with E-state index in [1.54, 1.807) is 25.6 Å². The summed E-state index contributed by atoms with van der Waals surface area (Å²) >= 11 is 4.42. The molecule has 0 atom stereocenters. The van der Waals surface area contributed by atoms with Crippen molar-refractivity contribution in [3.63, 3.8) is 0 Å². The van der Waals surface area contributed by atoms with Crippen LogP contribution >= 0.6 is 27.5 Å². The van der Waals surface area contributed by atoms with Gasteiger partial charge < -0.3 is 4.74 Å². The number of carbonyl (C=O) groups is 1. The van der Waals surface area contributed by atoms with Crippen LogP contribution in [-0.2, 0) is 0 Å². The highest BCUT2D eigenvalue weighted by Gasteiger charge is 2.13. The molecule has 6 nitrogen and oxygen atoms in total. The van der Waals surface area contributed by atoms with Crippen LogP contribution < -0.4 is 10.1 Å². The third-order valence-corrected chi connectivity index (χ3v) is 4.25. The zero-order valence-corrected chi connectivity index (χ0v) is 14.4. The van der Waals surface area contributed by atoms with Crippen LogP contribution in [0, 0.1) is 0 Å². The number of nitrogens with one attached hydrogen (secondary N) is 1. The molecular formula is C15H11BrN4O2S. The monoisotopic (exact) mass is 390 g/mol. The molecule has 0 saturated carbocycles. The van der Waals surface area contributed by atoms with Crippen molar-refractivity contribution in [3.8, 4) is 17.1 Å². The van der Waals surface area contributed by atoms with Crippen LogP contribution in [0.5, 0.6) is 5.75 Å². The fourth-order valence-corrected chi connectivity index (χ4v) is 2.89. The van der Waals surface area contributed by atoms with Crippen LogP contribution in [0.3, 0.4) is 0 Å². The number of halogens is 1. The number of benzene rings is 1. The number of pyridine rings is 1. The molecule has 0 aliphatic carbocycles. The van der Waals surface area contributed by atoms with E-state index in [1.165, 1.54) is 0 Å². The fraction of sp³-hybridized carbons (Fsp3) is 0.0667. The van der Waals surface area contributed by atoms with Crippen molar-refractivity contribution in [2.24, 2.45) is 0 Å². The molecule has 2 aromatic heterocycles. The smallest absolute Gasteiger partial charge is 0.258 e. The van der Waals surface area contributed by atoms with Crippen molar-refractivity contribution in [2.75, 3.05) is 12.4 Å². The molecule has 0 saturated heterocycles. The van der Waals surface area contributed by atoms with E-state index in [0.717, 1.165) is 22.8 Å². The fourth-order valence-electron chi connectivity index (χ4n) is 1.88. The van der Waals surface area contributed by atoms with Gasteiger partial charge >= 0.3 is 0 Å². The average molecular weight is 391 g/mol. The van der Waals surface area contributed by atoms with Crippen molar-refractivity contribution >= 4 is 38.5 Å². The second kappa shape index (κ2) is 6.84. The molecule has 3 aromatic rings. The SMILES string of the molecule is COc1cccc(-c2nsc(NC(=O)c3ccncc3Br)n2)c1. The average Bonchev–Trinajstić information content (AvgIpc) is 3.03. The topological polar surface area (TPSA) is 77.0 Å². The minimum Gasteiger partial charge on any atom is -0.497 e. The molecule has 8 heteroatoms. The molecule has 23 heavy (non-hydrogen) atoms. The number of hydrogen-bond acceptors (Lipinski definition) is 6. The van der Waals surface area contributed by atoms with Gasteiger partial charge in [0, 0.05) is 34.0 Å². The number of amides is 1. The lowest BCUT2D eigenvalue weighted by Gasteiger charge is -2.03. The molecule has 0 unspecified atom stereocenters. The summed E-state index contributed by atoms with van der Waals surface area (Å²) in [5.41, 5.74) is 1.31. The quantitative estimate of drug-likeness (QED) is 0.735. The number of methoxy groups -OCH3 is 1. The number of carbonyl (C=O) groups excluding carboxylic acids is 1. The van der Waals surface area contributed by atoms with E-state index in [2.05, 4.69) is 35.6 Å². The maximum Gasteiger partial charge on any atom is 0.258 e. The summed E-state index contributed by atoms with van der Waals surface area (Å²) in [7, 11) is 1.60. The first kappa shape index (κ1) is 15.6. The maximum absolute atomic E-state index is 12.2. The van der Waals surface area contributed by atoms with Crippen LogP contribution in [0.15, 0.2) is 47.2 Å². The highest BCUT2D eigenvalue weighted by atomic mass is 79.9. The first-order chi connectivity index (χ1) is 11.2. The van der Waals surface area contributed by atoms with Crippen LogP contribution in [0.4, 0.5) is 5.13 Å². The number of rotatable bonds is 4. The Balaban J connectivity index is 1.79. The van der Waals surface area contributed by atoms with Gasteiger partial charge in [0.25, 0.3) is 5.91 Å². The summed E-state index contributed by atoms with van der Waals surface area (Å²) in [6.45, 7) is 0. The van der Waals surface area contributed by atoms with E-state index in [1.807, 2.05) is 24.3 Å². The number of anilines is 1. The van der Waals surface area contributed by atoms with Crippen LogP contribution in [0.1, 0.15) is 10.4 Å². The number of ether oxygens (including phenoxy) is 1. The number of hydrogen-bond donors (Lipinski definition) is 1. The van der Waals surface area contributed by atoms with Crippen molar-refractivity contribution in [3.05, 3.63) is 52.8 Å². The van der Waals surface area contributed by atoms with Gasteiger partial charge in [0.1, 0.15) is 5.75 Å². The Morgan fingerprint density at radius 3 is 3.00 bits per heavy atom. The summed E-state index contributed by atoms with van der Waals surface area (Å²) in [5, 5.41) is 3.16. The highest BCUT2D eigenvalue weighted by Crippen LogP contribution is 2.25. The molecule has 0 aliphatic heterocycles. The minimum atomic E-state index is -0.271. The van der Waals surface area contributed by atoms with Gasteiger partial charge in [-0.15, -0.1) is 0 Å². The standard InChI is InChI=1S/C15H11BrN4O2S/c1-22-10-4-2-3-9(7-10)13-18-15(23-20-13)19-14(21)11-5-6-17-8-12(11)16/h2-8H,1H3,(H,18,19,20,21). The third kappa shape index (κ3) is 3.54. The van der Waals surface area contributed by atoms with E-state index < -0.39 is 0 Å². The zero-order valence-electron chi connectivity index (χ0n) is 12.0. The van der Waals surface area contributed by atoms with E-state index in [9.17, 15) is 4.79 Å². The van der Waals surface area contributed by atoms with Crippen molar-refractivity contribution < 1.29 is 9.53 Å². The Morgan fingerprint density at radius 1 is 1.35 bits per heavy atom. The van der Waals surface area contributed by atoms with Crippen molar-refractivity contribution in [2.45, 2.75) is 0 Å². The Hall–Kier alpha value is -2.32. The summed E-state index contributed by atoms with van der Waals surface area (Å²) in [6.07, 6.45) is 3.12. The molecule has 0 radical (unpaired) electrons. The Labute approximate surface area is 144 Å². The van der Waals surface area contributed by atoms with Gasteiger partial charge in [-0.25, -0.2) is 0 Å². The lowest BCUT2D eigenvalue weighted by atomic mass is 10.2. The van der Waals surface area contributed by atoms with Gasteiger partial charge in [-0.3, -0.25) is 15.1 Å². The molecule has 1 amide bonds. The first-order valence-corrected chi connectivity index (χ1v) is 8.13. The van der Waals surface area contributed by atoms with Crippen molar-refractivity contribution in [1.82, 2.24) is 14.3 Å². The van der Waals surface area contributed by atoms with Crippen LogP contribution in [0.25, 0.3) is 11.4 Å². The lowest BCUT2D eigenvalue weighted by molar-refractivity contribution is 0.102. The lowest BCUT2D eigenvalue weighted by Crippen LogP contribution is -2.12. The number of nitrogens with zero attached hydrogens (tertiary/aromatic N) is 3. The Bertz CT molecular complexity index is 853. The molecule has 0 aliphatic rings. The predicted molar refractivity (Wildman–Crippen MR) is 91.8 cm³/mol.